The number of para-hydroxylation sites is 2. The molecular formula is C54H64Cl4N8O4S2. The number of H-pyrrole nitrogens is 2. The standard InChI is InChI=1S/2C27H32Cl2N4O2S/c28-19-13-20(29)15-21(14-19)31-26(36)33-11-7-27(35,8-12-33)25(34)17-32-9-5-18(6-10-32)23-16-30-24-4-2-1-3-22(23)24;28-22-6-5-19(15-23(22)29)31-26(36)33-13-9-27(35,10-14-33)25(34)17-32-11-7-18(8-12-32)21-16-30-24-4-2-1-3-20(21)24/h1-4,13-16,18,25,30,34-35H,5-12,17H2,(H,31,36);1-6,15-16,18,25,30,34-35H,7-14,17H2,(H,31,36). The summed E-state index contributed by atoms with van der Waals surface area (Å²) in [6, 6.07) is 27.4. The number of likely N-dealkylation sites (tertiary alicyclic amines) is 4. The summed E-state index contributed by atoms with van der Waals surface area (Å²) in [5, 5.41) is 56.6. The Morgan fingerprint density at radius 2 is 0.972 bits per heavy atom. The summed E-state index contributed by atoms with van der Waals surface area (Å²) in [5.74, 6) is 1.04. The lowest BCUT2D eigenvalue weighted by molar-refractivity contribution is -0.112. The second-order valence-electron chi connectivity index (χ2n) is 20.1. The van der Waals surface area contributed by atoms with E-state index in [1.807, 2.05) is 15.9 Å². The van der Waals surface area contributed by atoms with Crippen molar-refractivity contribution in [2.24, 2.45) is 0 Å². The Labute approximate surface area is 452 Å². The van der Waals surface area contributed by atoms with Gasteiger partial charge in [0.15, 0.2) is 10.2 Å². The Balaban J connectivity index is 0.000000178. The van der Waals surface area contributed by atoms with Gasteiger partial charge in [0.2, 0.25) is 0 Å². The maximum absolute atomic E-state index is 11.2. The van der Waals surface area contributed by atoms with Crippen LogP contribution in [-0.2, 0) is 0 Å². The molecule has 2 aromatic heterocycles. The first kappa shape index (κ1) is 53.1. The minimum atomic E-state index is -1.11. The van der Waals surface area contributed by atoms with Gasteiger partial charge in [-0.15, -0.1) is 0 Å². The molecule has 0 spiro atoms. The fourth-order valence-electron chi connectivity index (χ4n) is 11.0. The Hall–Kier alpha value is -3.74. The lowest BCUT2D eigenvalue weighted by Gasteiger charge is -2.43. The number of anilines is 2. The Bertz CT molecular complexity index is 2800. The van der Waals surface area contributed by atoms with Crippen LogP contribution in [0.15, 0.2) is 97.3 Å². The molecule has 12 nitrogen and oxygen atoms in total. The van der Waals surface area contributed by atoms with Gasteiger partial charge in [0, 0.05) is 94.9 Å². The summed E-state index contributed by atoms with van der Waals surface area (Å²) in [6.45, 7) is 6.92. The van der Waals surface area contributed by atoms with Crippen LogP contribution in [0.2, 0.25) is 20.1 Å². The molecule has 6 heterocycles. The van der Waals surface area contributed by atoms with Crippen molar-refractivity contribution in [1.82, 2.24) is 29.6 Å². The van der Waals surface area contributed by atoms with Crippen LogP contribution in [-0.4, -0.2) is 149 Å². The largest absolute Gasteiger partial charge is 0.389 e. The Kier molecular flexibility index (Phi) is 17.3. The zero-order valence-corrected chi connectivity index (χ0v) is 44.8. The molecule has 4 aliphatic rings. The van der Waals surface area contributed by atoms with E-state index in [2.05, 4.69) is 91.3 Å². The van der Waals surface area contributed by atoms with Crippen LogP contribution in [0, 0.1) is 0 Å². The first-order chi connectivity index (χ1) is 34.6. The van der Waals surface area contributed by atoms with Gasteiger partial charge in [0.1, 0.15) is 0 Å². The summed E-state index contributed by atoms with van der Waals surface area (Å²) in [4.78, 5) is 15.4. The van der Waals surface area contributed by atoms with Crippen molar-refractivity contribution in [2.75, 3.05) is 76.1 Å². The third kappa shape index (κ3) is 12.7. The molecule has 8 N–H and O–H groups in total. The van der Waals surface area contributed by atoms with Crippen molar-refractivity contribution in [3.05, 3.63) is 129 Å². The molecule has 4 aliphatic heterocycles. The average molecular weight is 1100 g/mol. The molecule has 4 fully saturated rings. The minimum Gasteiger partial charge on any atom is -0.389 e. The zero-order valence-electron chi connectivity index (χ0n) is 40.2. The van der Waals surface area contributed by atoms with Gasteiger partial charge in [0.05, 0.1) is 33.5 Å². The molecule has 2 atom stereocenters. The minimum absolute atomic E-state index is 0.456. The number of benzene rings is 4. The molecule has 4 saturated heterocycles. The van der Waals surface area contributed by atoms with E-state index in [1.165, 1.54) is 32.9 Å². The number of piperidine rings is 4. The second kappa shape index (κ2) is 23.4. The highest BCUT2D eigenvalue weighted by Crippen LogP contribution is 2.37. The number of aromatic nitrogens is 2. The van der Waals surface area contributed by atoms with Gasteiger partial charge in [-0.05, 0) is 173 Å². The molecule has 0 radical (unpaired) electrons. The highest BCUT2D eigenvalue weighted by atomic mass is 35.5. The first-order valence-electron chi connectivity index (χ1n) is 25.0. The maximum Gasteiger partial charge on any atom is 0.173 e. The number of hydrogen-bond donors (Lipinski definition) is 8. The van der Waals surface area contributed by atoms with Gasteiger partial charge in [-0.25, -0.2) is 0 Å². The van der Waals surface area contributed by atoms with Crippen LogP contribution in [0.1, 0.15) is 74.3 Å². The van der Waals surface area contributed by atoms with Crippen molar-refractivity contribution in [1.29, 1.82) is 0 Å². The van der Waals surface area contributed by atoms with Gasteiger partial charge < -0.3 is 60.6 Å². The number of aliphatic hydroxyl groups is 4. The van der Waals surface area contributed by atoms with Crippen molar-refractivity contribution in [3.8, 4) is 0 Å². The number of nitrogens with one attached hydrogen (secondary N) is 4. The van der Waals surface area contributed by atoms with E-state index < -0.39 is 23.4 Å². The third-order valence-electron chi connectivity index (χ3n) is 15.5. The number of aliphatic hydroxyl groups excluding tert-OH is 2. The number of fused-ring (bicyclic) bond motifs is 2. The van der Waals surface area contributed by atoms with Gasteiger partial charge >= 0.3 is 0 Å². The van der Waals surface area contributed by atoms with E-state index in [4.69, 9.17) is 70.8 Å². The molecule has 10 rings (SSSR count). The van der Waals surface area contributed by atoms with Crippen molar-refractivity contribution in [2.45, 2.75) is 86.6 Å². The number of β-amino-alcohol motifs (C(OH)–C–C–N with tert-alkyl or cyclic N) is 2. The number of nitrogens with zero attached hydrogens (tertiary/aromatic N) is 4. The lowest BCUT2D eigenvalue weighted by atomic mass is 9.84. The van der Waals surface area contributed by atoms with E-state index >= 15 is 0 Å². The summed E-state index contributed by atoms with van der Waals surface area (Å²) in [7, 11) is 0. The Morgan fingerprint density at radius 1 is 0.556 bits per heavy atom. The molecule has 6 aromatic rings. The van der Waals surface area contributed by atoms with E-state index in [1.54, 1.807) is 30.3 Å². The third-order valence-corrected chi connectivity index (χ3v) is 17.4. The van der Waals surface area contributed by atoms with E-state index in [0.29, 0.717) is 107 Å². The van der Waals surface area contributed by atoms with Gasteiger partial charge in [-0.1, -0.05) is 82.8 Å². The monoisotopic (exact) mass is 1090 g/mol. The predicted octanol–water partition coefficient (Wildman–Crippen LogP) is 10.5. The summed E-state index contributed by atoms with van der Waals surface area (Å²) >= 11 is 35.4. The fraction of sp³-hybridized carbons (Fsp3) is 0.444. The van der Waals surface area contributed by atoms with Crippen molar-refractivity contribution in [3.63, 3.8) is 0 Å². The molecule has 384 valence electrons. The van der Waals surface area contributed by atoms with Crippen LogP contribution >= 0.6 is 70.8 Å². The predicted molar refractivity (Wildman–Crippen MR) is 302 cm³/mol. The molecule has 2 unspecified atom stereocenters. The fourth-order valence-corrected chi connectivity index (χ4v) is 12.4. The number of halogens is 4. The molecule has 4 aromatic carbocycles. The second-order valence-corrected chi connectivity index (χ2v) is 22.5. The topological polar surface area (TPSA) is 150 Å². The smallest absolute Gasteiger partial charge is 0.173 e. The van der Waals surface area contributed by atoms with Crippen molar-refractivity contribution < 1.29 is 20.4 Å². The number of thiocarbonyl (C=S) groups is 2. The van der Waals surface area contributed by atoms with E-state index in [-0.39, 0.29) is 0 Å². The molecule has 72 heavy (non-hydrogen) atoms. The molecule has 0 amide bonds. The zero-order chi connectivity index (χ0) is 50.6. The van der Waals surface area contributed by atoms with Gasteiger partial charge in [-0.3, -0.25) is 0 Å². The van der Waals surface area contributed by atoms with Crippen LogP contribution in [0.3, 0.4) is 0 Å². The number of aromatic amines is 2. The van der Waals surface area contributed by atoms with Gasteiger partial charge in [-0.2, -0.15) is 0 Å². The van der Waals surface area contributed by atoms with Crippen LogP contribution in [0.5, 0.6) is 0 Å². The maximum atomic E-state index is 11.2. The van der Waals surface area contributed by atoms with Crippen LogP contribution in [0.25, 0.3) is 21.8 Å². The highest BCUT2D eigenvalue weighted by Gasteiger charge is 2.42. The van der Waals surface area contributed by atoms with E-state index in [0.717, 1.165) is 63.2 Å². The number of hydrogen-bond acceptors (Lipinski definition) is 8. The van der Waals surface area contributed by atoms with Crippen LogP contribution in [0.4, 0.5) is 11.4 Å². The molecular weight excluding hydrogens is 1030 g/mol. The molecule has 0 aliphatic carbocycles. The average Bonchev–Trinajstić information content (AvgIpc) is 4.01. The highest BCUT2D eigenvalue weighted by molar-refractivity contribution is 7.80. The number of rotatable bonds is 10. The molecule has 0 bridgehead atoms. The van der Waals surface area contributed by atoms with Crippen molar-refractivity contribution >= 4 is 114 Å². The van der Waals surface area contributed by atoms with E-state index in [9.17, 15) is 20.4 Å². The SMILES string of the molecule is OC(CN1CCC(c2c[nH]c3ccccc23)CC1)C1(O)CCN(C(=S)Nc2cc(Cl)cc(Cl)c2)CC1.OC(CN1CCC(c2c[nH]c3ccccc23)CC1)C1(O)CCN(C(=S)Nc2ccc(Cl)c(Cl)c2)CC1. The first-order valence-corrected chi connectivity index (χ1v) is 27.4. The summed E-state index contributed by atoms with van der Waals surface area (Å²) < 4.78 is 0. The molecule has 18 heteroatoms. The van der Waals surface area contributed by atoms with Gasteiger partial charge in [0.25, 0.3) is 0 Å². The molecule has 0 saturated carbocycles. The Morgan fingerprint density at radius 3 is 1.40 bits per heavy atom. The quantitative estimate of drug-likeness (QED) is 0.0618. The summed E-state index contributed by atoms with van der Waals surface area (Å²) in [5.41, 5.74) is 4.43. The lowest BCUT2D eigenvalue weighted by Crippen LogP contribution is -2.56. The normalized spacial score (nSPS) is 19.9. The van der Waals surface area contributed by atoms with Crippen LogP contribution < -0.4 is 10.6 Å². The summed E-state index contributed by atoms with van der Waals surface area (Å²) in [6.07, 6.45) is 8.75.